The number of amides is 1. The van der Waals surface area contributed by atoms with E-state index in [0.717, 1.165) is 4.90 Å². The number of rotatable bonds is 19. The highest BCUT2D eigenvalue weighted by Crippen LogP contribution is 2.45. The zero-order valence-electron chi connectivity index (χ0n) is 38.8. The van der Waals surface area contributed by atoms with Crippen molar-refractivity contribution in [3.8, 4) is 46.0 Å². The van der Waals surface area contributed by atoms with Crippen LogP contribution < -0.4 is 28.4 Å². The zero-order chi connectivity index (χ0) is 48.6. The van der Waals surface area contributed by atoms with Crippen molar-refractivity contribution in [2.75, 3.05) is 46.9 Å². The van der Waals surface area contributed by atoms with Crippen molar-refractivity contribution >= 4 is 26.1 Å². The average Bonchev–Trinajstić information content (AvgIpc) is 4.11. The molecule has 364 valence electrons. The van der Waals surface area contributed by atoms with E-state index in [1.165, 1.54) is 45.0 Å². The lowest BCUT2D eigenvalue weighted by molar-refractivity contribution is -0.121. The first-order valence-electron chi connectivity index (χ1n) is 22.0. The van der Waals surface area contributed by atoms with Crippen molar-refractivity contribution < 1.29 is 64.4 Å². The normalized spacial score (nSPS) is 17.2. The van der Waals surface area contributed by atoms with E-state index in [4.69, 9.17) is 37.7 Å². The van der Waals surface area contributed by atoms with Crippen LogP contribution in [0.2, 0.25) is 0 Å². The van der Waals surface area contributed by atoms with E-state index in [1.807, 2.05) is 27.7 Å². The minimum Gasteiger partial charge on any atom is -0.497 e. The van der Waals surface area contributed by atoms with Crippen molar-refractivity contribution in [3.05, 3.63) is 96.3 Å². The summed E-state index contributed by atoms with van der Waals surface area (Å²) in [5.74, 6) is 2.53. The van der Waals surface area contributed by atoms with E-state index >= 15 is 0 Å². The molecule has 4 heterocycles. The lowest BCUT2D eigenvalue weighted by Crippen LogP contribution is -2.61. The standard InChI is InChI=1S/C47H55N5O14S2/c1-30(2)23-50(67(55,56)36-16-18-38-40(21-36)63-28-61-38)26-47(27-51(24-31(3)4)68(57,58)37-17-19-39-41(22-37)64-29-62-39)42(52(45(53)54)46(5,6)66-47)20-32-8-12-35(13-9-32)60-25-43-48-44(65-49-43)33-10-14-34(59-7)15-11-33/h8-19,21-22,30-31,42H,20,23-29H2,1-7H3,(H,53,54)/t42-/m0/s1. The molecule has 1 N–H and O–H groups in total. The van der Waals surface area contributed by atoms with E-state index in [9.17, 15) is 26.7 Å². The topological polar surface area (TPSA) is 219 Å². The van der Waals surface area contributed by atoms with E-state index in [-0.39, 0.29) is 72.8 Å². The van der Waals surface area contributed by atoms with Crippen molar-refractivity contribution in [1.82, 2.24) is 23.7 Å². The molecule has 21 heteroatoms. The van der Waals surface area contributed by atoms with Gasteiger partial charge < -0.3 is 42.8 Å². The van der Waals surface area contributed by atoms with E-state index < -0.39 is 56.6 Å². The first kappa shape index (κ1) is 48.3. The molecular formula is C47H55N5O14S2. The molecule has 1 saturated heterocycles. The summed E-state index contributed by atoms with van der Waals surface area (Å²) >= 11 is 0. The van der Waals surface area contributed by atoms with Gasteiger partial charge in [-0.3, -0.25) is 4.90 Å². The van der Waals surface area contributed by atoms with Gasteiger partial charge in [0, 0.05) is 43.9 Å². The van der Waals surface area contributed by atoms with Gasteiger partial charge in [0.05, 0.1) is 22.9 Å². The van der Waals surface area contributed by atoms with Crippen LogP contribution in [0, 0.1) is 11.8 Å². The molecule has 1 amide bonds. The Labute approximate surface area is 395 Å². The van der Waals surface area contributed by atoms with Gasteiger partial charge in [-0.1, -0.05) is 45.0 Å². The Morgan fingerprint density at radius 1 is 0.765 bits per heavy atom. The Balaban J connectivity index is 1.17. The number of methoxy groups -OCH3 is 1. The number of sulfonamides is 2. The number of hydrogen-bond acceptors (Lipinski definition) is 15. The number of ether oxygens (including phenoxy) is 7. The molecular weight excluding hydrogens is 923 g/mol. The molecule has 0 radical (unpaired) electrons. The molecule has 19 nitrogen and oxygen atoms in total. The fraction of sp³-hybridized carbons (Fsp3) is 0.426. The van der Waals surface area contributed by atoms with E-state index in [1.54, 1.807) is 69.5 Å². The number of carboxylic acid groups (broad SMARTS) is 1. The summed E-state index contributed by atoms with van der Waals surface area (Å²) in [6.07, 6.45) is -1.37. The second kappa shape index (κ2) is 19.1. The predicted octanol–water partition coefficient (Wildman–Crippen LogP) is 6.87. The second-order valence-electron chi connectivity index (χ2n) is 18.1. The van der Waals surface area contributed by atoms with Crippen molar-refractivity contribution in [2.45, 2.75) is 81.7 Å². The molecule has 1 aromatic heterocycles. The van der Waals surface area contributed by atoms with Crippen LogP contribution in [-0.2, 0) is 37.8 Å². The van der Waals surface area contributed by atoms with Crippen LogP contribution in [-0.4, -0.2) is 116 Å². The molecule has 4 aromatic carbocycles. The van der Waals surface area contributed by atoms with Crippen molar-refractivity contribution in [1.29, 1.82) is 0 Å². The van der Waals surface area contributed by atoms with Crippen LogP contribution >= 0.6 is 0 Å². The number of benzene rings is 4. The van der Waals surface area contributed by atoms with Gasteiger partial charge in [-0.15, -0.1) is 0 Å². The summed E-state index contributed by atoms with van der Waals surface area (Å²) in [6.45, 7) is 9.43. The smallest absolute Gasteiger partial charge is 0.409 e. The van der Waals surface area contributed by atoms with Gasteiger partial charge >= 0.3 is 6.09 Å². The maximum atomic E-state index is 15.0. The Morgan fingerprint density at radius 2 is 1.28 bits per heavy atom. The summed E-state index contributed by atoms with van der Waals surface area (Å²) in [6, 6.07) is 21.6. The van der Waals surface area contributed by atoms with Crippen LogP contribution in [0.15, 0.2) is 99.2 Å². The maximum absolute atomic E-state index is 15.0. The molecule has 1 fully saturated rings. The maximum Gasteiger partial charge on any atom is 0.409 e. The predicted molar refractivity (Wildman–Crippen MR) is 245 cm³/mol. The molecule has 0 spiro atoms. The number of hydrogen-bond donors (Lipinski definition) is 1. The Morgan fingerprint density at radius 3 is 1.78 bits per heavy atom. The summed E-state index contributed by atoms with van der Waals surface area (Å²) in [5, 5.41) is 15.1. The molecule has 3 aliphatic rings. The van der Waals surface area contributed by atoms with Crippen molar-refractivity contribution in [2.24, 2.45) is 11.8 Å². The third-order valence-corrected chi connectivity index (χ3v) is 15.3. The highest BCUT2D eigenvalue weighted by atomic mass is 32.2. The number of nitrogens with zero attached hydrogens (tertiary/aromatic N) is 5. The van der Waals surface area contributed by atoms with Crippen LogP contribution in [0.25, 0.3) is 11.5 Å². The van der Waals surface area contributed by atoms with Gasteiger partial charge in [-0.05, 0) is 98.3 Å². The fourth-order valence-corrected chi connectivity index (χ4v) is 12.1. The van der Waals surface area contributed by atoms with Crippen LogP contribution in [0.3, 0.4) is 0 Å². The lowest BCUT2D eigenvalue weighted by Gasteiger charge is -2.42. The molecule has 5 aromatic rings. The van der Waals surface area contributed by atoms with Gasteiger partial charge in [0.1, 0.15) is 22.8 Å². The first-order valence-corrected chi connectivity index (χ1v) is 24.9. The Bertz CT molecular complexity index is 2730. The summed E-state index contributed by atoms with van der Waals surface area (Å²) in [4.78, 5) is 19.0. The third kappa shape index (κ3) is 10.0. The average molecular weight is 978 g/mol. The SMILES string of the molecule is COc1ccc(-c2nc(COc3ccc(C[C@@H]4N(C(=O)O)C(C)(C)OC4(CN(CC(C)C)S(=O)(=O)c4ccc5c(c4)OCO5)CN(CC(C)C)S(=O)(=O)c4ccc5c(c4)OCO5)cc3)no2)cc1. The molecule has 0 aliphatic carbocycles. The number of fused-ring (bicyclic) bond motifs is 2. The van der Waals surface area contributed by atoms with Gasteiger partial charge in [0.2, 0.25) is 39.5 Å². The number of carbonyl (C=O) groups is 1. The minimum absolute atomic E-state index is 0.0212. The Hall–Kier alpha value is -6.13. The molecule has 0 unspecified atom stereocenters. The summed E-state index contributed by atoms with van der Waals surface area (Å²) < 4.78 is 108. The van der Waals surface area contributed by atoms with E-state index in [2.05, 4.69) is 10.1 Å². The van der Waals surface area contributed by atoms with Gasteiger partial charge in [0.25, 0.3) is 5.89 Å². The molecule has 1 atom stereocenters. The summed E-state index contributed by atoms with van der Waals surface area (Å²) in [5.41, 5.74) is -2.10. The minimum atomic E-state index is -4.41. The highest BCUT2D eigenvalue weighted by molar-refractivity contribution is 7.89. The quantitative estimate of drug-likeness (QED) is 0.0892. The lowest BCUT2D eigenvalue weighted by atomic mass is 9.88. The first-order chi connectivity index (χ1) is 32.3. The highest BCUT2D eigenvalue weighted by Gasteiger charge is 2.61. The second-order valence-corrected chi connectivity index (χ2v) is 22.0. The molecule has 0 saturated carbocycles. The van der Waals surface area contributed by atoms with Crippen molar-refractivity contribution in [3.63, 3.8) is 0 Å². The zero-order valence-corrected chi connectivity index (χ0v) is 40.4. The largest absolute Gasteiger partial charge is 0.497 e. The monoisotopic (exact) mass is 977 g/mol. The Kier molecular flexibility index (Phi) is 13.6. The molecule has 68 heavy (non-hydrogen) atoms. The fourth-order valence-electron chi connectivity index (χ4n) is 8.73. The van der Waals surface area contributed by atoms with E-state index in [0.29, 0.717) is 45.8 Å². The third-order valence-electron chi connectivity index (χ3n) is 11.7. The summed E-state index contributed by atoms with van der Waals surface area (Å²) in [7, 11) is -7.23. The van der Waals surface area contributed by atoms with Crippen LogP contribution in [0.5, 0.6) is 34.5 Å². The van der Waals surface area contributed by atoms with Crippen LogP contribution in [0.4, 0.5) is 4.79 Å². The van der Waals surface area contributed by atoms with Gasteiger partial charge in [-0.2, -0.15) is 13.6 Å². The number of aromatic nitrogens is 2. The van der Waals surface area contributed by atoms with Crippen LogP contribution in [0.1, 0.15) is 52.9 Å². The molecule has 3 aliphatic heterocycles. The van der Waals surface area contributed by atoms with Gasteiger partial charge in [0.15, 0.2) is 29.6 Å². The molecule has 0 bridgehead atoms. The van der Waals surface area contributed by atoms with Gasteiger partial charge in [-0.25, -0.2) is 21.6 Å². The molecule has 8 rings (SSSR count).